The minimum Gasteiger partial charge on any atom is -0.382 e. The van der Waals surface area contributed by atoms with Crippen LogP contribution in [0, 0.1) is 0 Å². The number of rotatable bonds is 5. The maximum Gasteiger partial charge on any atom is 0.472 e. The number of phosphoric acid groups is 1. The summed E-state index contributed by atoms with van der Waals surface area (Å²) in [4.78, 5) is 50.6. The van der Waals surface area contributed by atoms with Crippen LogP contribution in [0.4, 0.5) is 10.2 Å². The predicted molar refractivity (Wildman–Crippen MR) is 164 cm³/mol. The molecule has 22 heteroatoms. The summed E-state index contributed by atoms with van der Waals surface area (Å²) in [6.07, 6.45) is -6.26. The lowest BCUT2D eigenvalue weighted by atomic mass is 10.1. The molecule has 2 saturated heterocycles. The predicted octanol–water partition coefficient (Wildman–Crippen LogP) is 1.83. The molecule has 4 N–H and O–H groups in total. The zero-order valence-corrected chi connectivity index (χ0v) is 27.0. The van der Waals surface area contributed by atoms with Gasteiger partial charge in [0.15, 0.2) is 23.9 Å². The Labute approximate surface area is 269 Å². The second-order valence-corrected chi connectivity index (χ2v) is 14.7. The number of ether oxygens (including phenoxy) is 2. The number of aromatic nitrogens is 6. The van der Waals surface area contributed by atoms with E-state index in [4.69, 9.17) is 33.3 Å². The molecule has 2 aliphatic rings. The van der Waals surface area contributed by atoms with Crippen molar-refractivity contribution in [2.24, 2.45) is 0 Å². The highest BCUT2D eigenvalue weighted by atomic mass is 32.7. The van der Waals surface area contributed by atoms with Crippen molar-refractivity contribution in [2.45, 2.75) is 43.4 Å². The molecule has 2 bridgehead atoms. The number of imidazole rings is 1. The van der Waals surface area contributed by atoms with Gasteiger partial charge >= 0.3 is 20.3 Å². The molecule has 6 rings (SSSR count). The van der Waals surface area contributed by atoms with Gasteiger partial charge in [0, 0.05) is 13.3 Å². The van der Waals surface area contributed by atoms with Crippen LogP contribution < -0.4 is 17.0 Å². The Kier molecular flexibility index (Phi) is 9.52. The second-order valence-electron chi connectivity index (χ2n) is 10.4. The van der Waals surface area contributed by atoms with Crippen LogP contribution in [-0.4, -0.2) is 84.9 Å². The first-order valence-corrected chi connectivity index (χ1v) is 18.0. The molecule has 0 amide bonds. The van der Waals surface area contributed by atoms with Crippen molar-refractivity contribution in [3.8, 4) is 11.1 Å². The van der Waals surface area contributed by atoms with Crippen molar-refractivity contribution >= 4 is 43.9 Å². The minimum atomic E-state index is -5.01. The monoisotopic (exact) mass is 715 g/mol. The Morgan fingerprint density at radius 3 is 2.66 bits per heavy atom. The van der Waals surface area contributed by atoms with Gasteiger partial charge in [-0.05, 0) is 5.56 Å². The molecule has 252 valence electrons. The fraction of sp³-hybridized carbons (Fsp3) is 0.400. The molecule has 0 spiro atoms. The number of hydrogen-bond donors (Lipinski definition) is 4. The van der Waals surface area contributed by atoms with Crippen LogP contribution in [0.5, 0.6) is 0 Å². The Balaban J connectivity index is 1.32. The van der Waals surface area contributed by atoms with E-state index in [1.807, 2.05) is 0 Å². The molecule has 5 heterocycles. The van der Waals surface area contributed by atoms with Crippen LogP contribution in [0.15, 0.2) is 58.8 Å². The molecule has 2 aliphatic heterocycles. The van der Waals surface area contributed by atoms with Gasteiger partial charge < -0.3 is 24.7 Å². The summed E-state index contributed by atoms with van der Waals surface area (Å²) in [5, 5.41) is 0. The van der Waals surface area contributed by atoms with Crippen molar-refractivity contribution < 1.29 is 46.0 Å². The number of H-pyrrole nitrogens is 1. The van der Waals surface area contributed by atoms with Crippen molar-refractivity contribution in [1.82, 2.24) is 29.1 Å². The van der Waals surface area contributed by atoms with Gasteiger partial charge in [0.2, 0.25) is 0 Å². The number of nitrogen functional groups attached to an aromatic ring is 1. The number of aromatic amines is 1. The van der Waals surface area contributed by atoms with Gasteiger partial charge in [-0.2, -0.15) is 0 Å². The standard InChI is InChI=1S/C25H28FN7O11P2S/c1-39-16-9-41-46(38,47)44-20-18(26)17(42-24(20)33-7-14(23(34)31-25(33)35)13-5-3-2-4-6-13)10-40-45(36,37)43-15(16)8-32-12-30-19-21(27)28-11-29-22(19)32/h2-7,11-12,15-18,20,24H,8-10H2,1H3,(H,36,37)(H,38,47)(H2,27,28,29)(H,31,34,35)/t15-,16+,17+,18+,20+,24+,46?/m0/s1. The highest BCUT2D eigenvalue weighted by molar-refractivity contribution is 8.44. The smallest absolute Gasteiger partial charge is 0.382 e. The number of fused-ring (bicyclic) bond motifs is 3. The molecule has 3 aromatic heterocycles. The number of benzene rings is 1. The van der Waals surface area contributed by atoms with Gasteiger partial charge in [0.1, 0.15) is 36.3 Å². The number of nitrogens with two attached hydrogens (primary N) is 1. The third-order valence-electron chi connectivity index (χ3n) is 7.44. The molecule has 1 aromatic carbocycles. The van der Waals surface area contributed by atoms with E-state index in [-0.39, 0.29) is 29.1 Å². The van der Waals surface area contributed by atoms with Gasteiger partial charge in [-0.25, -0.2) is 33.3 Å². The largest absolute Gasteiger partial charge is 0.472 e. The van der Waals surface area contributed by atoms with Crippen LogP contribution in [0.3, 0.4) is 0 Å². The zero-order chi connectivity index (χ0) is 33.5. The van der Waals surface area contributed by atoms with E-state index in [1.54, 1.807) is 30.3 Å². The normalized spacial score (nSPS) is 32.0. The Morgan fingerprint density at radius 1 is 1.15 bits per heavy atom. The van der Waals surface area contributed by atoms with Crippen LogP contribution in [0.25, 0.3) is 22.3 Å². The number of halogens is 1. The van der Waals surface area contributed by atoms with Crippen LogP contribution in [0.2, 0.25) is 0 Å². The highest BCUT2D eigenvalue weighted by Crippen LogP contribution is 2.57. The summed E-state index contributed by atoms with van der Waals surface area (Å²) in [5.41, 5.74) is 5.11. The third-order valence-corrected chi connectivity index (χ3v) is 10.1. The van der Waals surface area contributed by atoms with Crippen molar-refractivity contribution in [3.05, 3.63) is 70.0 Å². The van der Waals surface area contributed by atoms with E-state index in [1.165, 1.54) is 24.3 Å². The van der Waals surface area contributed by atoms with E-state index >= 15 is 4.39 Å². The van der Waals surface area contributed by atoms with E-state index in [9.17, 15) is 23.6 Å². The number of phosphoric ester groups is 1. The van der Waals surface area contributed by atoms with E-state index in [0.29, 0.717) is 5.56 Å². The lowest BCUT2D eigenvalue weighted by molar-refractivity contribution is -0.0690. The molecule has 4 aromatic rings. The maximum absolute atomic E-state index is 15.9. The molecule has 0 radical (unpaired) electrons. The first kappa shape index (κ1) is 33.6. The number of methoxy groups -OCH3 is 1. The maximum atomic E-state index is 15.9. The number of anilines is 1. The molecule has 47 heavy (non-hydrogen) atoms. The van der Waals surface area contributed by atoms with Gasteiger partial charge in [-0.3, -0.25) is 32.4 Å². The number of alkyl halides is 1. The molecule has 0 saturated carbocycles. The molecule has 2 unspecified atom stereocenters. The molecule has 18 nitrogen and oxygen atoms in total. The molecule has 0 aliphatic carbocycles. The summed E-state index contributed by atoms with van der Waals surface area (Å²) < 4.78 is 77.7. The van der Waals surface area contributed by atoms with Gasteiger partial charge in [-0.15, -0.1) is 0 Å². The first-order valence-electron chi connectivity index (χ1n) is 13.8. The lowest BCUT2D eigenvalue weighted by Crippen LogP contribution is -2.38. The molecular weight excluding hydrogens is 687 g/mol. The van der Waals surface area contributed by atoms with Crippen molar-refractivity contribution in [2.75, 3.05) is 26.1 Å². The van der Waals surface area contributed by atoms with E-state index < -0.39 is 75.9 Å². The van der Waals surface area contributed by atoms with Crippen molar-refractivity contribution in [1.29, 1.82) is 0 Å². The molecular formula is C25H28FN7O11P2S. The van der Waals surface area contributed by atoms with Crippen LogP contribution in [0.1, 0.15) is 6.23 Å². The topological polar surface area (TPSA) is 234 Å². The van der Waals surface area contributed by atoms with Crippen LogP contribution >= 0.6 is 26.9 Å². The minimum absolute atomic E-state index is 0.0319. The summed E-state index contributed by atoms with van der Waals surface area (Å²) in [7, 11) is -3.78. The number of nitrogens with zero attached hydrogens (tertiary/aromatic N) is 5. The number of hydrogen-bond acceptors (Lipinski definition) is 14. The number of thiol groups is 1. The first-order chi connectivity index (χ1) is 22.4. The van der Waals surface area contributed by atoms with Crippen LogP contribution in [-0.2, 0) is 43.2 Å². The molecule has 8 atom stereocenters. The summed E-state index contributed by atoms with van der Waals surface area (Å²) in [6, 6.07) is 8.28. The van der Waals surface area contributed by atoms with Gasteiger partial charge in [0.05, 0.1) is 31.6 Å². The van der Waals surface area contributed by atoms with E-state index in [2.05, 4.69) is 32.2 Å². The fourth-order valence-electron chi connectivity index (χ4n) is 5.16. The number of nitrogens with one attached hydrogen (secondary N) is 1. The summed E-state index contributed by atoms with van der Waals surface area (Å²) in [5.74, 6) is 0.0927. The summed E-state index contributed by atoms with van der Waals surface area (Å²) >= 11 is 4.01. The fourth-order valence-corrected chi connectivity index (χ4v) is 7.55. The Morgan fingerprint density at radius 2 is 1.91 bits per heavy atom. The van der Waals surface area contributed by atoms with Gasteiger partial charge in [0.25, 0.3) is 5.56 Å². The quantitative estimate of drug-likeness (QED) is 0.170. The van der Waals surface area contributed by atoms with Gasteiger partial charge in [-0.1, -0.05) is 42.6 Å². The average molecular weight is 716 g/mol. The Hall–Kier alpha value is -3.29. The molecule has 2 fully saturated rings. The highest BCUT2D eigenvalue weighted by Gasteiger charge is 2.51. The SMILES string of the molecule is CO[C@@H]1COP(=O)(S)O[C@@H]2[C@H](F)[C@@H](COP(=O)(O)O[C@H]1Cn1cnc3c(N)ncnc31)O[C@H]2n1cc(-c2ccccc2)c(=O)[nH]c1=O. The lowest BCUT2D eigenvalue weighted by Gasteiger charge is -2.29. The van der Waals surface area contributed by atoms with E-state index in [0.717, 1.165) is 10.8 Å². The third kappa shape index (κ3) is 7.12. The zero-order valence-electron chi connectivity index (χ0n) is 24.3. The Bertz CT molecular complexity index is 1980. The van der Waals surface area contributed by atoms with Crippen molar-refractivity contribution in [3.63, 3.8) is 0 Å². The second kappa shape index (κ2) is 13.3. The summed E-state index contributed by atoms with van der Waals surface area (Å²) in [6.45, 7) is -6.21. The average Bonchev–Trinajstić information content (AvgIpc) is 3.57.